The Morgan fingerprint density at radius 3 is 3.00 bits per heavy atom. The van der Waals surface area contributed by atoms with Crippen LogP contribution in [0.3, 0.4) is 0 Å². The lowest BCUT2D eigenvalue weighted by Gasteiger charge is -1.93. The maximum atomic E-state index is 4.21. The van der Waals surface area contributed by atoms with Crippen LogP contribution < -0.4 is 0 Å². The summed E-state index contributed by atoms with van der Waals surface area (Å²) in [5, 5.41) is 3.24. The minimum Gasteiger partial charge on any atom is -0.233 e. The molecule has 56 valence electrons. The number of nitrogens with zero attached hydrogens (tertiary/aromatic N) is 1. The third-order valence-corrected chi connectivity index (χ3v) is 3.25. The van der Waals surface area contributed by atoms with Gasteiger partial charge in [0.05, 0.1) is 0 Å². The summed E-state index contributed by atoms with van der Waals surface area (Å²) < 4.78 is 3.03. The van der Waals surface area contributed by atoms with E-state index in [1.807, 2.05) is 6.07 Å². The second kappa shape index (κ2) is 2.84. The third kappa shape index (κ3) is 1.35. The monoisotopic (exact) mass is 291 g/mol. The van der Waals surface area contributed by atoms with Crippen molar-refractivity contribution in [3.8, 4) is 0 Å². The number of rotatable bonds is 0. The Bertz CT molecular complexity index is 396. The molecule has 0 atom stereocenters. The van der Waals surface area contributed by atoms with Crippen molar-refractivity contribution in [2.75, 3.05) is 0 Å². The van der Waals surface area contributed by atoms with Crippen LogP contribution in [0.2, 0.25) is 0 Å². The van der Waals surface area contributed by atoms with Crippen molar-refractivity contribution in [3.63, 3.8) is 0 Å². The van der Waals surface area contributed by atoms with Crippen molar-refractivity contribution in [1.29, 1.82) is 0 Å². The largest absolute Gasteiger partial charge is 0.233 e. The Morgan fingerprint density at radius 1 is 1.36 bits per heavy atom. The number of fused-ring (bicyclic) bond motifs is 1. The molecule has 0 N–H and O–H groups in total. The van der Waals surface area contributed by atoms with Gasteiger partial charge >= 0.3 is 0 Å². The Kier molecular flexibility index (Phi) is 1.99. The summed E-state index contributed by atoms with van der Waals surface area (Å²) in [4.78, 5) is 4.21. The zero-order chi connectivity index (χ0) is 7.84. The minimum absolute atomic E-state index is 0.874. The lowest BCUT2D eigenvalue weighted by molar-refractivity contribution is 1.27. The topological polar surface area (TPSA) is 12.9 Å². The maximum Gasteiger partial charge on any atom is 0.116 e. The van der Waals surface area contributed by atoms with E-state index in [0.717, 1.165) is 9.21 Å². The average Bonchev–Trinajstić information content (AvgIpc) is 2.34. The molecule has 0 amide bonds. The van der Waals surface area contributed by atoms with Crippen molar-refractivity contribution >= 4 is 53.3 Å². The molecule has 4 heteroatoms. The first-order valence-corrected chi connectivity index (χ1v) is 5.43. The number of hydrogen-bond acceptors (Lipinski definition) is 2. The molecule has 2 rings (SSSR count). The zero-order valence-electron chi connectivity index (χ0n) is 5.34. The number of pyridine rings is 1. The van der Waals surface area contributed by atoms with Gasteiger partial charge in [-0.05, 0) is 49.4 Å². The quantitative estimate of drug-likeness (QED) is 0.673. The van der Waals surface area contributed by atoms with Gasteiger partial charge in [-0.25, -0.2) is 4.98 Å². The molecule has 0 unspecified atom stereocenters. The van der Waals surface area contributed by atoms with Crippen molar-refractivity contribution in [3.05, 3.63) is 26.7 Å². The van der Waals surface area contributed by atoms with E-state index < -0.39 is 0 Å². The van der Waals surface area contributed by atoms with Gasteiger partial charge in [0, 0.05) is 10.1 Å². The smallest absolute Gasteiger partial charge is 0.116 e. The molecule has 0 aliphatic rings. The van der Waals surface area contributed by atoms with Gasteiger partial charge in [0.15, 0.2) is 0 Å². The first-order valence-electron chi connectivity index (χ1n) is 2.96. The van der Waals surface area contributed by atoms with Crippen LogP contribution in [0.15, 0.2) is 26.7 Å². The van der Waals surface area contributed by atoms with Gasteiger partial charge < -0.3 is 0 Å². The molecule has 11 heavy (non-hydrogen) atoms. The molecule has 0 saturated carbocycles. The first kappa shape index (κ1) is 7.71. The fourth-order valence-corrected chi connectivity index (χ4v) is 3.18. The van der Waals surface area contributed by atoms with E-state index in [9.17, 15) is 0 Å². The van der Waals surface area contributed by atoms with Crippen LogP contribution in [0.25, 0.3) is 10.1 Å². The lowest BCUT2D eigenvalue weighted by atomic mass is 10.4. The first-order chi connectivity index (χ1) is 5.27. The van der Waals surface area contributed by atoms with Gasteiger partial charge in [0.2, 0.25) is 0 Å². The SMILES string of the molecule is Brc1cc2sccc2c(Br)n1. The van der Waals surface area contributed by atoms with Crippen LogP contribution in [-0.4, -0.2) is 4.98 Å². The Morgan fingerprint density at radius 2 is 2.18 bits per heavy atom. The van der Waals surface area contributed by atoms with Crippen LogP contribution >= 0.6 is 43.2 Å². The van der Waals surface area contributed by atoms with Crippen molar-refractivity contribution in [1.82, 2.24) is 4.98 Å². The fourth-order valence-electron chi connectivity index (χ4n) is 0.898. The normalized spacial score (nSPS) is 10.7. The van der Waals surface area contributed by atoms with Gasteiger partial charge in [0.25, 0.3) is 0 Å². The lowest BCUT2D eigenvalue weighted by Crippen LogP contribution is -1.76. The van der Waals surface area contributed by atoms with E-state index in [-0.39, 0.29) is 0 Å². The van der Waals surface area contributed by atoms with Crippen molar-refractivity contribution in [2.45, 2.75) is 0 Å². The van der Waals surface area contributed by atoms with Crippen LogP contribution in [0, 0.1) is 0 Å². The summed E-state index contributed by atoms with van der Waals surface area (Å²) in [6.45, 7) is 0. The number of thiophene rings is 1. The predicted octanol–water partition coefficient (Wildman–Crippen LogP) is 3.82. The minimum atomic E-state index is 0.874. The number of halogens is 2. The predicted molar refractivity (Wildman–Crippen MR) is 55.0 cm³/mol. The standard InChI is InChI=1S/C7H3Br2NS/c8-6-3-5-4(1-2-11-5)7(9)10-6/h1-3H. The molecule has 0 aliphatic heterocycles. The maximum absolute atomic E-state index is 4.21. The highest BCUT2D eigenvalue weighted by Crippen LogP contribution is 2.28. The Balaban J connectivity index is 2.91. The summed E-state index contributed by atoms with van der Waals surface area (Å²) in [6, 6.07) is 4.08. The molecule has 0 bridgehead atoms. The van der Waals surface area contributed by atoms with E-state index >= 15 is 0 Å². The van der Waals surface area contributed by atoms with Crippen molar-refractivity contribution in [2.24, 2.45) is 0 Å². The Hall–Kier alpha value is 0.0700. The molecule has 2 aromatic rings. The van der Waals surface area contributed by atoms with E-state index in [2.05, 4.69) is 48.3 Å². The van der Waals surface area contributed by atoms with E-state index in [1.165, 1.54) is 10.1 Å². The number of aromatic nitrogens is 1. The summed E-state index contributed by atoms with van der Waals surface area (Å²) in [5.74, 6) is 0. The van der Waals surface area contributed by atoms with E-state index in [1.54, 1.807) is 11.3 Å². The average molecular weight is 293 g/mol. The molecule has 2 aromatic heterocycles. The molecular formula is C7H3Br2NS. The molecule has 1 nitrogen and oxygen atoms in total. The molecule has 0 aliphatic carbocycles. The van der Waals surface area contributed by atoms with Crippen molar-refractivity contribution < 1.29 is 0 Å². The molecule has 0 fully saturated rings. The highest BCUT2D eigenvalue weighted by Gasteiger charge is 2.01. The van der Waals surface area contributed by atoms with Crippen LogP contribution in [-0.2, 0) is 0 Å². The molecule has 0 saturated heterocycles. The molecule has 0 spiro atoms. The van der Waals surface area contributed by atoms with Gasteiger partial charge in [-0.3, -0.25) is 0 Å². The fraction of sp³-hybridized carbons (Fsp3) is 0. The second-order valence-corrected chi connectivity index (χ2v) is 4.58. The van der Waals surface area contributed by atoms with Gasteiger partial charge in [-0.2, -0.15) is 0 Å². The molecule has 0 aromatic carbocycles. The number of hydrogen-bond donors (Lipinski definition) is 0. The van der Waals surface area contributed by atoms with Gasteiger partial charge in [-0.1, -0.05) is 0 Å². The van der Waals surface area contributed by atoms with E-state index in [0.29, 0.717) is 0 Å². The summed E-state index contributed by atoms with van der Waals surface area (Å²) >= 11 is 8.44. The highest BCUT2D eigenvalue weighted by molar-refractivity contribution is 9.11. The Labute approximate surface area is 84.7 Å². The molecular weight excluding hydrogens is 290 g/mol. The van der Waals surface area contributed by atoms with Gasteiger partial charge in [0.1, 0.15) is 9.21 Å². The van der Waals surface area contributed by atoms with E-state index in [4.69, 9.17) is 0 Å². The van der Waals surface area contributed by atoms with Gasteiger partial charge in [-0.15, -0.1) is 11.3 Å². The highest BCUT2D eigenvalue weighted by atomic mass is 79.9. The van der Waals surface area contributed by atoms with Crippen LogP contribution in [0.4, 0.5) is 0 Å². The molecule has 2 heterocycles. The van der Waals surface area contributed by atoms with Crippen LogP contribution in [0.5, 0.6) is 0 Å². The third-order valence-electron chi connectivity index (χ3n) is 1.37. The summed E-state index contributed by atoms with van der Waals surface area (Å²) in [7, 11) is 0. The summed E-state index contributed by atoms with van der Waals surface area (Å²) in [6.07, 6.45) is 0. The zero-order valence-corrected chi connectivity index (χ0v) is 9.33. The summed E-state index contributed by atoms with van der Waals surface area (Å²) in [5.41, 5.74) is 0. The second-order valence-electron chi connectivity index (χ2n) is 2.07. The molecule has 0 radical (unpaired) electrons. The van der Waals surface area contributed by atoms with Crippen LogP contribution in [0.1, 0.15) is 0 Å².